The van der Waals surface area contributed by atoms with E-state index in [1.165, 1.54) is 32.8 Å². The molecule has 10 heteroatoms. The minimum absolute atomic E-state index is 0.296. The molecule has 0 aliphatic carbocycles. The van der Waals surface area contributed by atoms with Crippen LogP contribution in [-0.4, -0.2) is 40.3 Å². The molecule has 2 heterocycles. The summed E-state index contributed by atoms with van der Waals surface area (Å²) >= 11 is 13.1. The molecule has 0 aliphatic heterocycles. The monoisotopic (exact) mass is 443 g/mol. The molecule has 30 heavy (non-hydrogen) atoms. The molecule has 0 atom stereocenters. The molecule has 0 saturated carbocycles. The van der Waals surface area contributed by atoms with Gasteiger partial charge < -0.3 is 14.8 Å². The highest BCUT2D eigenvalue weighted by molar-refractivity contribution is 6.41. The van der Waals surface area contributed by atoms with Crippen molar-refractivity contribution in [3.8, 4) is 22.6 Å². The second-order valence-corrected chi connectivity index (χ2v) is 6.88. The minimum Gasteiger partial charge on any atom is -0.495 e. The van der Waals surface area contributed by atoms with Crippen molar-refractivity contribution in [1.29, 1.82) is 0 Å². The van der Waals surface area contributed by atoms with Gasteiger partial charge in [0, 0.05) is 35.7 Å². The zero-order chi connectivity index (χ0) is 21.3. The summed E-state index contributed by atoms with van der Waals surface area (Å²) in [5.41, 5.74) is 2.23. The van der Waals surface area contributed by atoms with Crippen LogP contribution >= 0.6 is 23.2 Å². The molecule has 0 bridgehead atoms. The Balaban J connectivity index is 1.92. The first-order valence-corrected chi connectivity index (χ1v) is 9.45. The van der Waals surface area contributed by atoms with Gasteiger partial charge in [0.1, 0.15) is 22.8 Å². The molecule has 0 aliphatic rings. The van der Waals surface area contributed by atoms with Crippen LogP contribution in [0.4, 0.5) is 5.82 Å². The van der Waals surface area contributed by atoms with Gasteiger partial charge in [-0.05, 0) is 6.07 Å². The second kappa shape index (κ2) is 8.17. The predicted molar refractivity (Wildman–Crippen MR) is 115 cm³/mol. The van der Waals surface area contributed by atoms with E-state index >= 15 is 0 Å². The highest BCUT2D eigenvalue weighted by Gasteiger charge is 2.23. The number of methoxy groups -OCH3 is 2. The van der Waals surface area contributed by atoms with Gasteiger partial charge >= 0.3 is 0 Å². The van der Waals surface area contributed by atoms with Crippen molar-refractivity contribution in [2.45, 2.75) is 0 Å². The number of nitrogens with zero attached hydrogens (tertiary/aromatic N) is 3. The van der Waals surface area contributed by atoms with Gasteiger partial charge in [-0.1, -0.05) is 29.3 Å². The van der Waals surface area contributed by atoms with E-state index in [9.17, 15) is 4.79 Å². The third-order valence-electron chi connectivity index (χ3n) is 4.46. The van der Waals surface area contributed by atoms with Crippen LogP contribution in [0.5, 0.6) is 11.5 Å². The molecule has 0 spiro atoms. The van der Waals surface area contributed by atoms with Crippen molar-refractivity contribution in [2.24, 2.45) is 0 Å². The normalized spacial score (nSPS) is 10.8. The number of carbonyl (C=O) groups excluding carboxylic acids is 1. The van der Waals surface area contributed by atoms with E-state index in [-0.39, 0.29) is 5.91 Å². The molecular formula is C20H15Cl2N5O3. The average molecular weight is 444 g/mol. The Morgan fingerprint density at radius 2 is 1.63 bits per heavy atom. The van der Waals surface area contributed by atoms with Crippen LogP contribution in [0.1, 0.15) is 10.4 Å². The maximum atomic E-state index is 12.8. The maximum absolute atomic E-state index is 12.8. The number of amides is 1. The number of ether oxygens (including phenoxy) is 2. The van der Waals surface area contributed by atoms with Crippen molar-refractivity contribution in [3.05, 3.63) is 58.5 Å². The van der Waals surface area contributed by atoms with Crippen molar-refractivity contribution in [2.75, 3.05) is 19.5 Å². The van der Waals surface area contributed by atoms with Crippen LogP contribution in [0.25, 0.3) is 22.2 Å². The zero-order valence-electron chi connectivity index (χ0n) is 15.9. The van der Waals surface area contributed by atoms with Crippen LogP contribution in [0.15, 0.2) is 42.9 Å². The Morgan fingerprint density at radius 1 is 0.967 bits per heavy atom. The molecule has 2 aromatic carbocycles. The Kier molecular flexibility index (Phi) is 5.43. The number of aromatic amines is 1. The number of carbonyl (C=O) groups is 1. The molecule has 152 valence electrons. The molecule has 8 nitrogen and oxygen atoms in total. The molecule has 0 fully saturated rings. The summed E-state index contributed by atoms with van der Waals surface area (Å²) in [7, 11) is 3.00. The summed E-state index contributed by atoms with van der Waals surface area (Å²) in [6.07, 6.45) is 4.58. The van der Waals surface area contributed by atoms with Crippen molar-refractivity contribution in [1.82, 2.24) is 20.2 Å². The number of fused-ring (bicyclic) bond motifs is 1. The zero-order valence-corrected chi connectivity index (χ0v) is 17.4. The molecule has 1 amide bonds. The molecule has 0 unspecified atom stereocenters. The molecule has 0 saturated heterocycles. The molecule has 0 radical (unpaired) electrons. The molecule has 4 aromatic rings. The van der Waals surface area contributed by atoms with Crippen molar-refractivity contribution < 1.29 is 14.3 Å². The molecular weight excluding hydrogens is 429 g/mol. The summed E-state index contributed by atoms with van der Waals surface area (Å²) in [5, 5.41) is 9.82. The number of hydrogen-bond donors (Lipinski definition) is 2. The van der Waals surface area contributed by atoms with E-state index in [0.29, 0.717) is 55.1 Å². The van der Waals surface area contributed by atoms with Crippen molar-refractivity contribution >= 4 is 46.0 Å². The molecule has 2 N–H and O–H groups in total. The lowest BCUT2D eigenvalue weighted by atomic mass is 9.99. The summed E-state index contributed by atoms with van der Waals surface area (Å²) in [5.74, 6) is 0.887. The Labute approximate surface area is 181 Å². The summed E-state index contributed by atoms with van der Waals surface area (Å²) in [6.45, 7) is 0. The smallest absolute Gasteiger partial charge is 0.259 e. The van der Waals surface area contributed by atoms with Gasteiger partial charge in [-0.15, -0.1) is 0 Å². The summed E-state index contributed by atoms with van der Waals surface area (Å²) < 4.78 is 10.7. The van der Waals surface area contributed by atoms with Crippen LogP contribution in [0.3, 0.4) is 0 Å². The third kappa shape index (κ3) is 3.40. The number of rotatable bonds is 5. The van der Waals surface area contributed by atoms with Crippen LogP contribution in [-0.2, 0) is 0 Å². The van der Waals surface area contributed by atoms with Crippen LogP contribution in [0, 0.1) is 0 Å². The quantitative estimate of drug-likeness (QED) is 0.467. The number of halogens is 2. The third-order valence-corrected chi connectivity index (χ3v) is 5.21. The van der Waals surface area contributed by atoms with E-state index in [1.54, 1.807) is 24.3 Å². The highest BCUT2D eigenvalue weighted by Crippen LogP contribution is 2.47. The Bertz CT molecular complexity index is 1220. The summed E-state index contributed by atoms with van der Waals surface area (Å²) in [4.78, 5) is 21.6. The number of H-pyrrole nitrogens is 1. The van der Waals surface area contributed by atoms with E-state index in [0.717, 1.165) is 0 Å². The van der Waals surface area contributed by atoms with Gasteiger partial charge in [-0.2, -0.15) is 5.10 Å². The second-order valence-electron chi connectivity index (χ2n) is 6.12. The fraction of sp³-hybridized carbons (Fsp3) is 0.100. The van der Waals surface area contributed by atoms with Gasteiger partial charge in [-0.3, -0.25) is 19.9 Å². The Hall–Kier alpha value is -3.36. The fourth-order valence-corrected chi connectivity index (χ4v) is 3.78. The number of anilines is 1. The number of aromatic nitrogens is 4. The maximum Gasteiger partial charge on any atom is 0.259 e. The number of benzene rings is 2. The van der Waals surface area contributed by atoms with E-state index in [4.69, 9.17) is 32.7 Å². The lowest BCUT2D eigenvalue weighted by Gasteiger charge is -2.16. The predicted octanol–water partition coefficient (Wildman–Crippen LogP) is 4.60. The standard InChI is InChI=1S/C20H15Cl2N5O3/c1-29-12-9-13(30-2)17(22)15(16(12)21)10-3-4-11(19-18(10)23-7-8-24-19)20(28)26-14-5-6-25-27-14/h3-9H,1-2H3,(H2,25,26,27,28). The van der Waals surface area contributed by atoms with Crippen molar-refractivity contribution in [3.63, 3.8) is 0 Å². The first kappa shape index (κ1) is 19.9. The van der Waals surface area contributed by atoms with Crippen LogP contribution in [0.2, 0.25) is 10.0 Å². The number of nitrogens with one attached hydrogen (secondary N) is 2. The van der Waals surface area contributed by atoms with Gasteiger partial charge in [0.05, 0.1) is 41.5 Å². The Morgan fingerprint density at radius 3 is 2.23 bits per heavy atom. The fourth-order valence-electron chi connectivity index (χ4n) is 3.08. The average Bonchev–Trinajstić information content (AvgIpc) is 3.27. The van der Waals surface area contributed by atoms with E-state index in [1.807, 2.05) is 0 Å². The molecule has 4 rings (SSSR count). The first-order chi connectivity index (χ1) is 14.5. The van der Waals surface area contributed by atoms with E-state index < -0.39 is 0 Å². The van der Waals surface area contributed by atoms with Gasteiger partial charge in [-0.25, -0.2) is 0 Å². The highest BCUT2D eigenvalue weighted by atomic mass is 35.5. The first-order valence-electron chi connectivity index (χ1n) is 8.70. The minimum atomic E-state index is -0.364. The van der Waals surface area contributed by atoms with Gasteiger partial charge in [0.2, 0.25) is 0 Å². The largest absolute Gasteiger partial charge is 0.495 e. The van der Waals surface area contributed by atoms with Gasteiger partial charge in [0.25, 0.3) is 5.91 Å². The topological polar surface area (TPSA) is 102 Å². The lowest BCUT2D eigenvalue weighted by Crippen LogP contribution is -2.13. The SMILES string of the molecule is COc1cc(OC)c(Cl)c(-c2ccc(C(=O)Nc3ccn[nH]3)c3nccnc23)c1Cl. The van der Waals surface area contributed by atoms with Gasteiger partial charge in [0.15, 0.2) is 0 Å². The van der Waals surface area contributed by atoms with E-state index in [2.05, 4.69) is 25.5 Å². The summed E-state index contributed by atoms with van der Waals surface area (Å²) in [6, 6.07) is 6.60. The van der Waals surface area contributed by atoms with Crippen LogP contribution < -0.4 is 14.8 Å². The molecule has 2 aromatic heterocycles. The lowest BCUT2D eigenvalue weighted by molar-refractivity contribution is 0.102. The number of hydrogen-bond acceptors (Lipinski definition) is 6.